The first-order valence-corrected chi connectivity index (χ1v) is 15.3. The smallest absolute Gasteiger partial charge is 0.0379 e. The number of aromatic nitrogens is 1. The van der Waals surface area contributed by atoms with Crippen LogP contribution in [0.15, 0.2) is 109 Å². The second kappa shape index (κ2) is 18.4. The first kappa shape index (κ1) is 36.8. The zero-order valence-electron chi connectivity index (χ0n) is 27.6. The second-order valence-corrected chi connectivity index (χ2v) is 10.7. The zero-order valence-corrected chi connectivity index (χ0v) is 31.1. The number of nitrogens with zero attached hydrogens (tertiary/aromatic N) is 4. The minimum Gasteiger partial charge on any atom is -0.673 e. The molecule has 0 spiro atoms. The minimum absolute atomic E-state index is 0. The van der Waals surface area contributed by atoms with Gasteiger partial charge in [0.2, 0.25) is 0 Å². The number of pyridine rings is 1. The molecule has 236 valence electrons. The Hall–Kier alpha value is -3.71. The predicted molar refractivity (Wildman–Crippen MR) is 190 cm³/mol. The van der Waals surface area contributed by atoms with E-state index in [4.69, 9.17) is 10.3 Å². The van der Waals surface area contributed by atoms with Gasteiger partial charge >= 0.3 is 0 Å². The molecule has 1 aromatic heterocycles. The van der Waals surface area contributed by atoms with Crippen LogP contribution in [0.25, 0.3) is 48.8 Å². The summed E-state index contributed by atoms with van der Waals surface area (Å²) < 4.78 is 13.6. The van der Waals surface area contributed by atoms with E-state index < -0.39 is 0 Å². The third-order valence-electron chi connectivity index (χ3n) is 7.42. The Bertz CT molecular complexity index is 1800. The van der Waals surface area contributed by atoms with E-state index in [0.29, 0.717) is 0 Å². The average molecular weight is 775 g/mol. The molecule has 4 nitrogen and oxygen atoms in total. The predicted octanol–water partition coefficient (Wildman–Crippen LogP) is 11.2. The Morgan fingerprint density at radius 1 is 0.696 bits per heavy atom. The number of rotatable bonds is 7. The van der Waals surface area contributed by atoms with Crippen LogP contribution in [0.1, 0.15) is 42.3 Å². The molecule has 1 unspecified atom stereocenters. The van der Waals surface area contributed by atoms with Crippen molar-refractivity contribution < 1.29 is 30.2 Å². The van der Waals surface area contributed by atoms with Gasteiger partial charge < -0.3 is 20.9 Å². The van der Waals surface area contributed by atoms with Gasteiger partial charge in [0, 0.05) is 37.4 Å². The number of hydrogen-bond donors (Lipinski definition) is 0. The molecule has 46 heavy (non-hydrogen) atoms. The van der Waals surface area contributed by atoms with Gasteiger partial charge in [-0.25, -0.2) is 0 Å². The topological polar surface area (TPSA) is 55.2 Å². The van der Waals surface area contributed by atoms with Gasteiger partial charge in [0.15, 0.2) is 0 Å². The fourth-order valence-corrected chi connectivity index (χ4v) is 5.43. The summed E-state index contributed by atoms with van der Waals surface area (Å²) in [5.41, 5.74) is 6.97. The maximum absolute atomic E-state index is 13.6. The fraction of sp³-hybridized carbons (Fsp3) is 0.225. The van der Waals surface area contributed by atoms with Gasteiger partial charge in [-0.2, -0.15) is 28.2 Å². The van der Waals surface area contributed by atoms with E-state index in [2.05, 4.69) is 103 Å². The van der Waals surface area contributed by atoms with E-state index in [1.165, 1.54) is 39.4 Å². The maximum Gasteiger partial charge on any atom is 0.0379 e. The van der Waals surface area contributed by atoms with Crippen molar-refractivity contribution >= 4 is 27.2 Å². The van der Waals surface area contributed by atoms with Crippen molar-refractivity contribution in [2.24, 2.45) is 0 Å². The summed E-state index contributed by atoms with van der Waals surface area (Å²) in [6, 6.07) is 39.0. The molecule has 6 heteroatoms. The van der Waals surface area contributed by atoms with E-state index in [-0.39, 0.29) is 37.7 Å². The van der Waals surface area contributed by atoms with Gasteiger partial charge in [-0.3, -0.25) is 4.39 Å². The van der Waals surface area contributed by atoms with Crippen molar-refractivity contribution in [3.63, 3.8) is 0 Å². The number of hydrogen-bond acceptors (Lipinski definition) is 1. The number of benzene rings is 5. The molecule has 0 aliphatic carbocycles. The van der Waals surface area contributed by atoms with Crippen molar-refractivity contribution in [2.45, 2.75) is 32.7 Å². The molecule has 6 rings (SSSR count). The summed E-state index contributed by atoms with van der Waals surface area (Å²) in [6.45, 7) is 4.36. The van der Waals surface area contributed by atoms with Gasteiger partial charge in [0.25, 0.3) is 0 Å². The van der Waals surface area contributed by atoms with E-state index in [1.807, 2.05) is 18.2 Å². The molecular weight excluding hydrogens is 734 g/mol. The van der Waals surface area contributed by atoms with Crippen molar-refractivity contribution in [3.8, 4) is 11.3 Å². The van der Waals surface area contributed by atoms with Crippen molar-refractivity contribution in [2.75, 3.05) is 28.2 Å². The Morgan fingerprint density at radius 3 is 1.89 bits per heavy atom. The van der Waals surface area contributed by atoms with Crippen LogP contribution in [0.4, 0.5) is 10.1 Å². The monoisotopic (exact) mass is 776 g/mol. The second-order valence-electron chi connectivity index (χ2n) is 10.7. The van der Waals surface area contributed by atoms with Crippen LogP contribution in [-0.2, 0) is 38.7 Å². The Morgan fingerprint density at radius 2 is 1.28 bits per heavy atom. The molecule has 0 radical (unpaired) electrons. The first-order chi connectivity index (χ1) is 22.0. The molecule has 0 amide bonds. The maximum atomic E-state index is 13.6. The molecule has 0 bridgehead atoms. The number of aryl methyl sites for hydroxylation is 2. The summed E-state index contributed by atoms with van der Waals surface area (Å²) in [6.07, 6.45) is 1.80. The molecule has 0 aliphatic heterocycles. The summed E-state index contributed by atoms with van der Waals surface area (Å²) in [4.78, 5) is 5.10. The molecule has 6 aromatic rings. The molecule has 5 aromatic carbocycles. The quantitative estimate of drug-likeness (QED) is 0.0905. The van der Waals surface area contributed by atoms with Crippen LogP contribution in [-0.4, -0.2) is 33.2 Å². The Balaban J connectivity index is 0.000000765. The van der Waals surface area contributed by atoms with E-state index in [9.17, 15) is 4.39 Å². The summed E-state index contributed by atoms with van der Waals surface area (Å²) >= 11 is 0. The van der Waals surface area contributed by atoms with Crippen molar-refractivity contribution in [3.05, 3.63) is 159 Å². The molecule has 0 saturated carbocycles. The van der Waals surface area contributed by atoms with Gasteiger partial charge in [-0.1, -0.05) is 110 Å². The van der Waals surface area contributed by atoms with Crippen LogP contribution in [0.2, 0.25) is 0 Å². The van der Waals surface area contributed by atoms with Crippen LogP contribution >= 0.6 is 0 Å². The van der Waals surface area contributed by atoms with E-state index in [1.54, 1.807) is 34.3 Å². The van der Waals surface area contributed by atoms with E-state index in [0.717, 1.165) is 46.4 Å². The molecule has 0 aliphatic rings. The van der Waals surface area contributed by atoms with Gasteiger partial charge in [-0.15, -0.1) is 35.5 Å². The zero-order chi connectivity index (χ0) is 32.2. The van der Waals surface area contributed by atoms with Gasteiger partial charge in [0.1, 0.15) is 0 Å². The van der Waals surface area contributed by atoms with Gasteiger partial charge in [-0.05, 0) is 57.8 Å². The Kier molecular flexibility index (Phi) is 14.7. The van der Waals surface area contributed by atoms with Gasteiger partial charge in [0.05, 0.1) is 0 Å². The largest absolute Gasteiger partial charge is 0.673 e. The standard InChI is InChI=1S/C36H29FN2.2C2H6N.Hf/c1-3-24-12-9-13-25(4-2)35(24)39-36(34-18-10-17-33(38-34)26-19-21-28(37)22-20-26)32-23-27-11-5-6-14-29(27)30-15-7-8-16-31(30)32;2*1-3-2;/h5-19,21-23,36H,3-4H2,1-2H3;2*1-2H3;/q-2;2*-1;. The van der Waals surface area contributed by atoms with E-state index >= 15 is 0 Å². The minimum atomic E-state index is -0.335. The Labute approximate surface area is 292 Å². The van der Waals surface area contributed by atoms with Crippen LogP contribution < -0.4 is 0 Å². The molecular formula is C40H41FHfN4-4. The molecule has 0 saturated heterocycles. The molecule has 1 atom stereocenters. The molecule has 0 fully saturated rings. The van der Waals surface area contributed by atoms with Crippen LogP contribution in [0.3, 0.4) is 0 Å². The number of fused-ring (bicyclic) bond motifs is 3. The summed E-state index contributed by atoms with van der Waals surface area (Å²) in [5.74, 6) is -0.311. The third kappa shape index (κ3) is 8.75. The normalized spacial score (nSPS) is 11.0. The fourth-order valence-electron chi connectivity index (χ4n) is 5.43. The third-order valence-corrected chi connectivity index (χ3v) is 7.42. The average Bonchev–Trinajstić information content (AvgIpc) is 3.08. The first-order valence-electron chi connectivity index (χ1n) is 15.3. The number of halogens is 1. The molecule has 0 N–H and O–H groups in total. The molecule has 1 heterocycles. The van der Waals surface area contributed by atoms with Crippen LogP contribution in [0.5, 0.6) is 0 Å². The van der Waals surface area contributed by atoms with Crippen molar-refractivity contribution in [1.82, 2.24) is 4.98 Å². The number of para-hydroxylation sites is 1. The summed E-state index contributed by atoms with van der Waals surface area (Å²) in [7, 11) is 7.00. The summed E-state index contributed by atoms with van der Waals surface area (Å²) in [5, 5.41) is 17.3. The van der Waals surface area contributed by atoms with Crippen molar-refractivity contribution in [1.29, 1.82) is 0 Å². The SMILES string of the molecule is CCc1cccc(CC)c1[N-]C(c1cccc(-c2[c-]cc(F)cc2)n1)c1cc2ccccc2c2ccccc12.C[N-]C.C[N-]C.[Hf]. The van der Waals surface area contributed by atoms with Crippen LogP contribution in [0, 0.1) is 11.9 Å².